The van der Waals surface area contributed by atoms with Crippen molar-refractivity contribution >= 4 is 5.82 Å². The van der Waals surface area contributed by atoms with Crippen LogP contribution in [0.25, 0.3) is 0 Å². The molecule has 1 aliphatic heterocycles. The van der Waals surface area contributed by atoms with Crippen LogP contribution in [0.3, 0.4) is 0 Å². The molecule has 1 fully saturated rings. The second-order valence-corrected chi connectivity index (χ2v) is 4.91. The van der Waals surface area contributed by atoms with Crippen LogP contribution >= 0.6 is 0 Å². The Bertz CT molecular complexity index is 367. The minimum Gasteiger partial charge on any atom is -0.487 e. The van der Waals surface area contributed by atoms with Gasteiger partial charge in [-0.2, -0.15) is 0 Å². The maximum absolute atomic E-state index is 5.74. The Balaban J connectivity index is 2.04. The molecule has 2 rings (SSSR count). The summed E-state index contributed by atoms with van der Waals surface area (Å²) in [6.45, 7) is 6.27. The van der Waals surface area contributed by atoms with Crippen LogP contribution in [-0.4, -0.2) is 42.2 Å². The van der Waals surface area contributed by atoms with E-state index in [2.05, 4.69) is 22.2 Å². The number of likely N-dealkylation sites (N-methyl/N-ethyl adjacent to an activating group) is 1. The van der Waals surface area contributed by atoms with Gasteiger partial charge in [-0.15, -0.1) is 0 Å². The number of aromatic nitrogens is 1. The lowest BCUT2D eigenvalue weighted by Gasteiger charge is -2.18. The van der Waals surface area contributed by atoms with E-state index in [0.717, 1.165) is 31.1 Å². The van der Waals surface area contributed by atoms with Crippen LogP contribution in [0, 0.1) is 0 Å². The molecule has 0 bridgehead atoms. The molecular weight excluding hydrogens is 214 g/mol. The quantitative estimate of drug-likeness (QED) is 0.866. The van der Waals surface area contributed by atoms with Crippen LogP contribution in [0.15, 0.2) is 18.3 Å². The summed E-state index contributed by atoms with van der Waals surface area (Å²) in [7, 11) is 2.14. The smallest absolute Gasteiger partial charge is 0.169 e. The molecule has 1 aromatic heterocycles. The van der Waals surface area contributed by atoms with Gasteiger partial charge in [-0.25, -0.2) is 4.98 Å². The summed E-state index contributed by atoms with van der Waals surface area (Å²) >= 11 is 0. The zero-order valence-electron chi connectivity index (χ0n) is 10.8. The van der Waals surface area contributed by atoms with Gasteiger partial charge in [0.05, 0.1) is 6.10 Å². The van der Waals surface area contributed by atoms with Crippen molar-refractivity contribution in [1.82, 2.24) is 9.88 Å². The van der Waals surface area contributed by atoms with Gasteiger partial charge in [0, 0.05) is 18.8 Å². The first-order valence-electron chi connectivity index (χ1n) is 6.22. The Kier molecular flexibility index (Phi) is 3.84. The number of ether oxygens (including phenoxy) is 1. The standard InChI is InChI=1S/C13H21N3O/c1-10(2)17-12-5-4-7-14-13(12)15-11-6-8-16(3)9-11/h4-5,7,10-11H,6,8-9H2,1-3H3,(H,14,15). The second kappa shape index (κ2) is 5.36. The first-order valence-corrected chi connectivity index (χ1v) is 6.22. The topological polar surface area (TPSA) is 37.4 Å². The summed E-state index contributed by atoms with van der Waals surface area (Å²) in [5.74, 6) is 1.71. The Morgan fingerprint density at radius 2 is 2.35 bits per heavy atom. The van der Waals surface area contributed by atoms with E-state index >= 15 is 0 Å². The minimum atomic E-state index is 0.172. The lowest BCUT2D eigenvalue weighted by Crippen LogP contribution is -2.24. The molecule has 1 atom stereocenters. The van der Waals surface area contributed by atoms with Gasteiger partial charge in [-0.1, -0.05) is 0 Å². The van der Waals surface area contributed by atoms with Crippen molar-refractivity contribution in [3.8, 4) is 5.75 Å². The lowest BCUT2D eigenvalue weighted by atomic mass is 10.2. The Morgan fingerprint density at radius 3 is 3.00 bits per heavy atom. The van der Waals surface area contributed by atoms with Gasteiger partial charge >= 0.3 is 0 Å². The average molecular weight is 235 g/mol. The molecule has 0 amide bonds. The molecule has 0 radical (unpaired) electrons. The number of hydrogen-bond acceptors (Lipinski definition) is 4. The molecule has 1 unspecified atom stereocenters. The summed E-state index contributed by atoms with van der Waals surface area (Å²) < 4.78 is 5.74. The highest BCUT2D eigenvalue weighted by atomic mass is 16.5. The van der Waals surface area contributed by atoms with Gasteiger partial charge in [-0.05, 0) is 46.0 Å². The molecule has 4 nitrogen and oxygen atoms in total. The predicted molar refractivity (Wildman–Crippen MR) is 69.5 cm³/mol. The number of likely N-dealkylation sites (tertiary alicyclic amines) is 1. The third-order valence-electron chi connectivity index (χ3n) is 2.87. The molecule has 1 saturated heterocycles. The number of pyridine rings is 1. The maximum atomic E-state index is 5.74. The average Bonchev–Trinajstić information content (AvgIpc) is 2.66. The van der Waals surface area contributed by atoms with Crippen molar-refractivity contribution in [3.05, 3.63) is 18.3 Å². The van der Waals surface area contributed by atoms with Crippen molar-refractivity contribution in [2.75, 3.05) is 25.5 Å². The first-order chi connectivity index (χ1) is 8.15. The molecule has 0 spiro atoms. The minimum absolute atomic E-state index is 0.172. The van der Waals surface area contributed by atoms with Crippen molar-refractivity contribution in [2.24, 2.45) is 0 Å². The molecule has 0 saturated carbocycles. The number of anilines is 1. The number of nitrogens with zero attached hydrogens (tertiary/aromatic N) is 2. The van der Waals surface area contributed by atoms with E-state index in [0.29, 0.717) is 6.04 Å². The van der Waals surface area contributed by atoms with Crippen molar-refractivity contribution in [2.45, 2.75) is 32.4 Å². The second-order valence-electron chi connectivity index (χ2n) is 4.91. The molecule has 17 heavy (non-hydrogen) atoms. The molecular formula is C13H21N3O. The summed E-state index contributed by atoms with van der Waals surface area (Å²) in [4.78, 5) is 6.69. The van der Waals surface area contributed by atoms with Crippen molar-refractivity contribution < 1.29 is 4.74 Å². The summed E-state index contributed by atoms with van der Waals surface area (Å²) in [6.07, 6.45) is 3.13. The van der Waals surface area contributed by atoms with Gasteiger partial charge in [-0.3, -0.25) is 0 Å². The fourth-order valence-electron chi connectivity index (χ4n) is 2.09. The SMILES string of the molecule is CC(C)Oc1cccnc1NC1CCN(C)C1. The van der Waals surface area contributed by atoms with Crippen molar-refractivity contribution in [1.29, 1.82) is 0 Å². The highest BCUT2D eigenvalue weighted by Gasteiger charge is 2.20. The number of hydrogen-bond donors (Lipinski definition) is 1. The zero-order valence-corrected chi connectivity index (χ0v) is 10.8. The first kappa shape index (κ1) is 12.2. The van der Waals surface area contributed by atoms with Crippen LogP contribution in [0.5, 0.6) is 5.75 Å². The van der Waals surface area contributed by atoms with Crippen LogP contribution in [0.2, 0.25) is 0 Å². The normalized spacial score (nSPS) is 20.8. The third kappa shape index (κ3) is 3.33. The van der Waals surface area contributed by atoms with Gasteiger partial charge < -0.3 is 15.0 Å². The Labute approximate surface area is 103 Å². The van der Waals surface area contributed by atoms with E-state index in [4.69, 9.17) is 4.74 Å². The fraction of sp³-hybridized carbons (Fsp3) is 0.615. The number of rotatable bonds is 4. The summed E-state index contributed by atoms with van der Waals surface area (Å²) in [5.41, 5.74) is 0. The fourth-order valence-corrected chi connectivity index (χ4v) is 2.09. The predicted octanol–water partition coefficient (Wildman–Crippen LogP) is 1.98. The largest absolute Gasteiger partial charge is 0.487 e. The molecule has 0 aromatic carbocycles. The summed E-state index contributed by atoms with van der Waals surface area (Å²) in [5, 5.41) is 3.47. The van der Waals surface area contributed by atoms with E-state index < -0.39 is 0 Å². The molecule has 1 N–H and O–H groups in total. The van der Waals surface area contributed by atoms with E-state index in [1.807, 2.05) is 26.0 Å². The molecule has 94 valence electrons. The zero-order chi connectivity index (χ0) is 12.3. The molecule has 0 aliphatic carbocycles. The van der Waals surface area contributed by atoms with Gasteiger partial charge in [0.2, 0.25) is 0 Å². The van der Waals surface area contributed by atoms with Crippen LogP contribution in [-0.2, 0) is 0 Å². The van der Waals surface area contributed by atoms with E-state index in [1.54, 1.807) is 6.20 Å². The van der Waals surface area contributed by atoms with Gasteiger partial charge in [0.1, 0.15) is 0 Å². The Morgan fingerprint density at radius 1 is 1.53 bits per heavy atom. The molecule has 1 aliphatic rings. The molecule has 1 aromatic rings. The van der Waals surface area contributed by atoms with E-state index in [9.17, 15) is 0 Å². The molecule has 4 heteroatoms. The highest BCUT2D eigenvalue weighted by Crippen LogP contribution is 2.24. The third-order valence-corrected chi connectivity index (χ3v) is 2.87. The lowest BCUT2D eigenvalue weighted by molar-refractivity contribution is 0.242. The molecule has 2 heterocycles. The van der Waals surface area contributed by atoms with Crippen LogP contribution < -0.4 is 10.1 Å². The highest BCUT2D eigenvalue weighted by molar-refractivity contribution is 5.50. The number of nitrogens with one attached hydrogen (secondary N) is 1. The van der Waals surface area contributed by atoms with Gasteiger partial charge in [0.15, 0.2) is 11.6 Å². The van der Waals surface area contributed by atoms with Crippen molar-refractivity contribution in [3.63, 3.8) is 0 Å². The maximum Gasteiger partial charge on any atom is 0.169 e. The Hall–Kier alpha value is -1.29. The van der Waals surface area contributed by atoms with E-state index in [-0.39, 0.29) is 6.10 Å². The monoisotopic (exact) mass is 235 g/mol. The van der Waals surface area contributed by atoms with Crippen LogP contribution in [0.1, 0.15) is 20.3 Å². The van der Waals surface area contributed by atoms with Crippen LogP contribution in [0.4, 0.5) is 5.82 Å². The van der Waals surface area contributed by atoms with Gasteiger partial charge in [0.25, 0.3) is 0 Å². The van der Waals surface area contributed by atoms with E-state index in [1.165, 1.54) is 0 Å². The summed E-state index contributed by atoms with van der Waals surface area (Å²) in [6, 6.07) is 4.35.